The number of fused-ring (bicyclic) bond motifs is 1. The fourth-order valence-electron chi connectivity index (χ4n) is 4.17. The fourth-order valence-corrected chi connectivity index (χ4v) is 4.17. The molecule has 1 amide bonds. The number of hydrogen-bond acceptors (Lipinski definition) is 4. The van der Waals surface area contributed by atoms with Crippen LogP contribution in [0, 0.1) is 17.2 Å². The zero-order valence-electron chi connectivity index (χ0n) is 16.5. The van der Waals surface area contributed by atoms with Crippen molar-refractivity contribution in [1.29, 1.82) is 5.26 Å². The van der Waals surface area contributed by atoms with Gasteiger partial charge in [-0.1, -0.05) is 12.1 Å². The predicted octanol–water partition coefficient (Wildman–Crippen LogP) is 3.65. The summed E-state index contributed by atoms with van der Waals surface area (Å²) < 4.78 is 0. The van der Waals surface area contributed by atoms with E-state index in [1.54, 1.807) is 0 Å². The molecule has 0 spiro atoms. The maximum Gasteiger partial charge on any atom is 0.251 e. The third-order valence-corrected chi connectivity index (χ3v) is 5.83. The summed E-state index contributed by atoms with van der Waals surface area (Å²) in [7, 11) is 0. The lowest BCUT2D eigenvalue weighted by Gasteiger charge is -2.22. The first-order valence-electron chi connectivity index (χ1n) is 10.3. The van der Waals surface area contributed by atoms with Crippen LogP contribution in [-0.2, 0) is 12.8 Å². The molecule has 1 saturated heterocycles. The Morgan fingerprint density at radius 2 is 2.00 bits per heavy atom. The minimum absolute atomic E-state index is 0. The van der Waals surface area contributed by atoms with E-state index in [9.17, 15) is 10.1 Å². The van der Waals surface area contributed by atoms with Gasteiger partial charge in [0.05, 0.1) is 11.3 Å². The molecule has 0 unspecified atom stereocenters. The zero-order valence-corrected chi connectivity index (χ0v) is 17.4. The van der Waals surface area contributed by atoms with Crippen LogP contribution in [0.2, 0.25) is 0 Å². The summed E-state index contributed by atoms with van der Waals surface area (Å²) in [4.78, 5) is 17.5. The van der Waals surface area contributed by atoms with E-state index in [0.29, 0.717) is 29.3 Å². The first-order chi connectivity index (χ1) is 13.7. The van der Waals surface area contributed by atoms with Gasteiger partial charge in [-0.3, -0.25) is 9.78 Å². The number of pyridine rings is 1. The van der Waals surface area contributed by atoms with Crippen molar-refractivity contribution < 1.29 is 4.79 Å². The van der Waals surface area contributed by atoms with Gasteiger partial charge in [0.1, 0.15) is 6.07 Å². The van der Waals surface area contributed by atoms with E-state index in [1.807, 2.05) is 30.3 Å². The molecule has 1 aromatic carbocycles. The maximum atomic E-state index is 12.6. The number of aryl methyl sites for hydroxylation is 2. The molecule has 2 aromatic rings. The molecule has 2 N–H and O–H groups in total. The van der Waals surface area contributed by atoms with Crippen LogP contribution >= 0.6 is 12.4 Å². The molecule has 1 fully saturated rings. The Kier molecular flexibility index (Phi) is 7.24. The van der Waals surface area contributed by atoms with Gasteiger partial charge in [0.25, 0.3) is 5.91 Å². The van der Waals surface area contributed by atoms with Crippen LogP contribution in [0.1, 0.15) is 52.9 Å². The van der Waals surface area contributed by atoms with Crippen molar-refractivity contribution in [3.05, 3.63) is 52.7 Å². The van der Waals surface area contributed by atoms with Gasteiger partial charge in [0.2, 0.25) is 0 Å². The molecule has 0 saturated carbocycles. The number of piperidine rings is 1. The number of nitrogens with one attached hydrogen (secondary N) is 2. The van der Waals surface area contributed by atoms with Gasteiger partial charge in [-0.15, -0.1) is 12.4 Å². The first kappa shape index (κ1) is 21.3. The second-order valence-electron chi connectivity index (χ2n) is 7.79. The number of benzene rings is 1. The maximum absolute atomic E-state index is 12.6. The number of nitriles is 1. The molecule has 2 aliphatic rings. The highest BCUT2D eigenvalue weighted by atomic mass is 35.5. The Morgan fingerprint density at radius 3 is 2.79 bits per heavy atom. The van der Waals surface area contributed by atoms with Crippen molar-refractivity contribution in [2.45, 2.75) is 38.5 Å². The van der Waals surface area contributed by atoms with Crippen LogP contribution in [0.5, 0.6) is 0 Å². The summed E-state index contributed by atoms with van der Waals surface area (Å²) in [6.45, 7) is 2.76. The van der Waals surface area contributed by atoms with Gasteiger partial charge in [-0.2, -0.15) is 5.26 Å². The molecule has 5 nitrogen and oxygen atoms in total. The molecule has 6 heteroatoms. The van der Waals surface area contributed by atoms with E-state index in [1.165, 1.54) is 5.56 Å². The highest BCUT2D eigenvalue weighted by molar-refractivity contribution is 5.95. The molecule has 152 valence electrons. The topological polar surface area (TPSA) is 77.8 Å². The number of hydrogen-bond donors (Lipinski definition) is 2. The highest BCUT2D eigenvalue weighted by Gasteiger charge is 2.18. The molecule has 4 rings (SSSR count). The van der Waals surface area contributed by atoms with E-state index in [4.69, 9.17) is 4.98 Å². The normalized spacial score (nSPS) is 16.2. The lowest BCUT2D eigenvalue weighted by Crippen LogP contribution is -2.35. The highest BCUT2D eigenvalue weighted by Crippen LogP contribution is 2.28. The minimum atomic E-state index is -0.0585. The summed E-state index contributed by atoms with van der Waals surface area (Å²) in [5.41, 5.74) is 5.03. The summed E-state index contributed by atoms with van der Waals surface area (Å²) in [6.07, 6.45) is 6.47. The number of amides is 1. The van der Waals surface area contributed by atoms with E-state index in [0.717, 1.165) is 62.9 Å². The van der Waals surface area contributed by atoms with E-state index in [-0.39, 0.29) is 18.3 Å². The smallest absolute Gasteiger partial charge is 0.251 e. The van der Waals surface area contributed by atoms with Crippen LogP contribution in [0.3, 0.4) is 0 Å². The van der Waals surface area contributed by atoms with Crippen LogP contribution < -0.4 is 10.6 Å². The van der Waals surface area contributed by atoms with Gasteiger partial charge in [0, 0.05) is 23.4 Å². The van der Waals surface area contributed by atoms with Gasteiger partial charge in [0.15, 0.2) is 0 Å². The van der Waals surface area contributed by atoms with Crippen molar-refractivity contribution in [2.75, 3.05) is 19.6 Å². The molecule has 0 bridgehead atoms. The number of nitrogens with zero attached hydrogens (tertiary/aromatic N) is 2. The van der Waals surface area contributed by atoms with Crippen LogP contribution in [0.15, 0.2) is 30.3 Å². The lowest BCUT2D eigenvalue weighted by molar-refractivity contribution is 0.0944. The van der Waals surface area contributed by atoms with Gasteiger partial charge < -0.3 is 10.6 Å². The van der Waals surface area contributed by atoms with Crippen molar-refractivity contribution in [3.63, 3.8) is 0 Å². The number of aromatic nitrogens is 1. The van der Waals surface area contributed by atoms with Crippen molar-refractivity contribution in [1.82, 2.24) is 15.6 Å². The average Bonchev–Trinajstić information content (AvgIpc) is 2.77. The molecular formula is C23H27ClN4O. The second-order valence-corrected chi connectivity index (χ2v) is 7.79. The molecule has 1 aliphatic carbocycles. The SMILES string of the molecule is Cl.N#Cc1cc2c(nc1-c1cccc(C(=O)NCC3CCNCC3)c1)CCCC2. The summed E-state index contributed by atoms with van der Waals surface area (Å²) >= 11 is 0. The first-order valence-corrected chi connectivity index (χ1v) is 10.3. The van der Waals surface area contributed by atoms with E-state index < -0.39 is 0 Å². The summed E-state index contributed by atoms with van der Waals surface area (Å²) in [6, 6.07) is 11.8. The molecule has 2 heterocycles. The van der Waals surface area contributed by atoms with Crippen LogP contribution in [0.25, 0.3) is 11.3 Å². The summed E-state index contributed by atoms with van der Waals surface area (Å²) in [5, 5.41) is 16.0. The number of carbonyl (C=O) groups excluding carboxylic acids is 1. The van der Waals surface area contributed by atoms with Crippen molar-refractivity contribution >= 4 is 18.3 Å². The van der Waals surface area contributed by atoms with E-state index >= 15 is 0 Å². The fraction of sp³-hybridized carbons (Fsp3) is 0.435. The molecule has 29 heavy (non-hydrogen) atoms. The molecule has 0 atom stereocenters. The quantitative estimate of drug-likeness (QED) is 0.806. The summed E-state index contributed by atoms with van der Waals surface area (Å²) in [5.74, 6) is 0.484. The molecule has 1 aliphatic heterocycles. The Morgan fingerprint density at radius 1 is 1.21 bits per heavy atom. The largest absolute Gasteiger partial charge is 0.352 e. The monoisotopic (exact) mass is 410 g/mol. The third kappa shape index (κ3) is 4.95. The Balaban J connectivity index is 0.00000240. The van der Waals surface area contributed by atoms with Crippen molar-refractivity contribution in [2.24, 2.45) is 5.92 Å². The molecular weight excluding hydrogens is 384 g/mol. The molecule has 1 aromatic heterocycles. The third-order valence-electron chi connectivity index (χ3n) is 5.83. The number of carbonyl (C=O) groups is 1. The molecule has 0 radical (unpaired) electrons. The van der Waals surface area contributed by atoms with Crippen LogP contribution in [0.4, 0.5) is 0 Å². The van der Waals surface area contributed by atoms with Gasteiger partial charge in [-0.25, -0.2) is 0 Å². The van der Waals surface area contributed by atoms with Crippen LogP contribution in [-0.4, -0.2) is 30.5 Å². The average molecular weight is 411 g/mol. The second kappa shape index (κ2) is 9.87. The number of halogens is 1. The van der Waals surface area contributed by atoms with Gasteiger partial charge >= 0.3 is 0 Å². The Labute approximate surface area is 178 Å². The lowest BCUT2D eigenvalue weighted by atomic mass is 9.93. The minimum Gasteiger partial charge on any atom is -0.352 e. The van der Waals surface area contributed by atoms with Crippen molar-refractivity contribution in [3.8, 4) is 17.3 Å². The van der Waals surface area contributed by atoms with Gasteiger partial charge in [-0.05, 0) is 81.3 Å². The standard InChI is InChI=1S/C23H26N4O.ClH/c24-14-20-12-17-4-1-2-7-21(17)27-22(20)18-5-3-6-19(13-18)23(28)26-15-16-8-10-25-11-9-16;/h3,5-6,12-13,16,25H,1-2,4,7-11,15H2,(H,26,28);1H. The zero-order chi connectivity index (χ0) is 19.3. The predicted molar refractivity (Wildman–Crippen MR) is 116 cm³/mol. The van der Waals surface area contributed by atoms with E-state index in [2.05, 4.69) is 16.7 Å². The number of rotatable bonds is 4. The Bertz CT molecular complexity index is 916. The Hall–Kier alpha value is -2.42.